The van der Waals surface area contributed by atoms with Crippen LogP contribution in [0.2, 0.25) is 0 Å². The maximum atomic E-state index is 13.1. The van der Waals surface area contributed by atoms with E-state index in [1.165, 1.54) is 27.8 Å². The lowest BCUT2D eigenvalue weighted by Gasteiger charge is -2.26. The number of nitrogens with one attached hydrogen (secondary N) is 2. The van der Waals surface area contributed by atoms with Gasteiger partial charge in [0.1, 0.15) is 9.88 Å². The molecule has 1 fully saturated rings. The van der Waals surface area contributed by atoms with E-state index < -0.39 is 21.8 Å². The summed E-state index contributed by atoms with van der Waals surface area (Å²) in [5.74, 6) is -1.27. The van der Waals surface area contributed by atoms with Crippen LogP contribution in [-0.2, 0) is 14.8 Å². The lowest BCUT2D eigenvalue weighted by Crippen LogP contribution is -2.43. The molecule has 0 unspecified atom stereocenters. The van der Waals surface area contributed by atoms with Crippen molar-refractivity contribution in [2.75, 3.05) is 26.3 Å². The number of hydrogen-bond acceptors (Lipinski definition) is 7. The summed E-state index contributed by atoms with van der Waals surface area (Å²) < 4.78 is 32.6. The third kappa shape index (κ3) is 4.96. The Morgan fingerprint density at radius 2 is 1.61 bits per heavy atom. The van der Waals surface area contributed by atoms with Crippen LogP contribution in [0.3, 0.4) is 0 Å². The van der Waals surface area contributed by atoms with Crippen LogP contribution in [0.15, 0.2) is 59.5 Å². The minimum Gasteiger partial charge on any atom is -0.379 e. The molecule has 1 aliphatic rings. The predicted octanol–water partition coefficient (Wildman–Crippen LogP) is 2.21. The zero-order valence-corrected chi connectivity index (χ0v) is 19.4. The van der Waals surface area contributed by atoms with E-state index in [1.54, 1.807) is 19.1 Å². The summed E-state index contributed by atoms with van der Waals surface area (Å²) in [4.78, 5) is 30.1. The third-order valence-electron chi connectivity index (χ3n) is 5.03. The summed E-state index contributed by atoms with van der Waals surface area (Å²) in [7, 11) is -3.89. The lowest BCUT2D eigenvalue weighted by molar-refractivity contribution is 0.0729. The molecule has 2 amide bonds. The number of hydrogen-bond donors (Lipinski definition) is 2. The van der Waals surface area contributed by atoms with Crippen LogP contribution >= 0.6 is 11.3 Å². The van der Waals surface area contributed by atoms with Crippen molar-refractivity contribution in [3.05, 3.63) is 70.7 Å². The summed E-state index contributed by atoms with van der Waals surface area (Å²) in [5, 5.41) is 0.687. The number of carbonyl (C=O) groups excluding carboxylic acids is 2. The lowest BCUT2D eigenvalue weighted by atomic mass is 10.2. The van der Waals surface area contributed by atoms with E-state index in [1.807, 2.05) is 30.3 Å². The topological polar surface area (TPSA) is 118 Å². The number of sulfonamides is 1. The number of thiazole rings is 1. The number of hydrazine groups is 1. The number of morpholine rings is 1. The van der Waals surface area contributed by atoms with Crippen molar-refractivity contribution < 1.29 is 22.7 Å². The number of carbonyl (C=O) groups is 2. The second-order valence-corrected chi connectivity index (χ2v) is 10.1. The van der Waals surface area contributed by atoms with Gasteiger partial charge in [-0.25, -0.2) is 13.4 Å². The summed E-state index contributed by atoms with van der Waals surface area (Å²) in [6, 6.07) is 15.3. The molecule has 33 heavy (non-hydrogen) atoms. The Morgan fingerprint density at radius 1 is 0.970 bits per heavy atom. The van der Waals surface area contributed by atoms with Crippen LogP contribution in [0.1, 0.15) is 25.7 Å². The van der Waals surface area contributed by atoms with E-state index in [9.17, 15) is 18.0 Å². The van der Waals surface area contributed by atoms with Crippen LogP contribution in [0.4, 0.5) is 0 Å². The van der Waals surface area contributed by atoms with Crippen molar-refractivity contribution >= 4 is 33.2 Å². The molecule has 0 atom stereocenters. The maximum Gasteiger partial charge on any atom is 0.281 e. The summed E-state index contributed by atoms with van der Waals surface area (Å²) >= 11 is 1.21. The molecule has 9 nitrogen and oxygen atoms in total. The summed E-state index contributed by atoms with van der Waals surface area (Å²) in [6.07, 6.45) is 0. The normalized spacial score (nSPS) is 14.6. The number of aromatic nitrogens is 1. The van der Waals surface area contributed by atoms with Gasteiger partial charge >= 0.3 is 0 Å². The standard InChI is InChI=1S/C22H22N4O5S2/c1-15-19(32-22(23-15)16-7-3-2-4-8-16)21(28)25-24-20(27)17-9-5-6-10-18(17)33(29,30)26-11-13-31-14-12-26/h2-10H,11-14H2,1H3,(H,24,27)(H,25,28). The molecule has 3 aromatic rings. The Hall–Kier alpha value is -3.12. The van der Waals surface area contributed by atoms with Gasteiger partial charge < -0.3 is 4.74 Å². The predicted molar refractivity (Wildman–Crippen MR) is 123 cm³/mol. The van der Waals surface area contributed by atoms with E-state index in [4.69, 9.17) is 4.74 Å². The van der Waals surface area contributed by atoms with Crippen molar-refractivity contribution in [3.63, 3.8) is 0 Å². The highest BCUT2D eigenvalue weighted by molar-refractivity contribution is 7.89. The van der Waals surface area contributed by atoms with Gasteiger partial charge in [-0.1, -0.05) is 42.5 Å². The molecule has 2 aromatic carbocycles. The van der Waals surface area contributed by atoms with E-state index in [0.717, 1.165) is 5.56 Å². The number of amides is 2. The molecule has 0 spiro atoms. The molecular weight excluding hydrogens is 464 g/mol. The van der Waals surface area contributed by atoms with Crippen molar-refractivity contribution in [2.24, 2.45) is 0 Å². The van der Waals surface area contributed by atoms with Crippen molar-refractivity contribution in [1.82, 2.24) is 20.1 Å². The fourth-order valence-corrected chi connectivity index (χ4v) is 5.92. The smallest absolute Gasteiger partial charge is 0.281 e. The zero-order valence-electron chi connectivity index (χ0n) is 17.8. The fourth-order valence-electron chi connectivity index (χ4n) is 3.35. The number of benzene rings is 2. The van der Waals surface area contributed by atoms with Gasteiger partial charge in [0.25, 0.3) is 11.8 Å². The molecule has 1 aromatic heterocycles. The molecule has 4 rings (SSSR count). The van der Waals surface area contributed by atoms with Crippen molar-refractivity contribution in [3.8, 4) is 10.6 Å². The molecule has 2 heterocycles. The maximum absolute atomic E-state index is 13.1. The molecule has 0 radical (unpaired) electrons. The van der Waals surface area contributed by atoms with Crippen molar-refractivity contribution in [1.29, 1.82) is 0 Å². The molecule has 172 valence electrons. The number of nitrogens with zero attached hydrogens (tertiary/aromatic N) is 2. The number of rotatable bonds is 5. The van der Waals surface area contributed by atoms with Crippen LogP contribution in [0.25, 0.3) is 10.6 Å². The largest absolute Gasteiger partial charge is 0.379 e. The molecule has 2 N–H and O–H groups in total. The van der Waals surface area contributed by atoms with Crippen LogP contribution in [0, 0.1) is 6.92 Å². The number of ether oxygens (including phenoxy) is 1. The average molecular weight is 487 g/mol. The molecule has 0 saturated carbocycles. The Labute approximate surface area is 195 Å². The molecule has 1 saturated heterocycles. The zero-order chi connectivity index (χ0) is 23.4. The van der Waals surface area contributed by atoms with Gasteiger partial charge in [-0.3, -0.25) is 20.4 Å². The quantitative estimate of drug-likeness (QED) is 0.534. The Morgan fingerprint density at radius 3 is 2.33 bits per heavy atom. The van der Waals surface area contributed by atoms with Gasteiger partial charge in [-0.2, -0.15) is 4.31 Å². The molecule has 0 aliphatic carbocycles. The highest BCUT2D eigenvalue weighted by atomic mass is 32.2. The summed E-state index contributed by atoms with van der Waals surface area (Å²) in [6.45, 7) is 2.72. The van der Waals surface area contributed by atoms with E-state index in [2.05, 4.69) is 15.8 Å². The first-order valence-electron chi connectivity index (χ1n) is 10.2. The first-order chi connectivity index (χ1) is 15.9. The Kier molecular flexibility index (Phi) is 6.84. The van der Waals surface area contributed by atoms with Crippen LogP contribution < -0.4 is 10.9 Å². The molecule has 0 bridgehead atoms. The Bertz CT molecular complexity index is 1270. The number of aryl methyl sites for hydroxylation is 1. The SMILES string of the molecule is Cc1nc(-c2ccccc2)sc1C(=O)NNC(=O)c1ccccc1S(=O)(=O)N1CCOCC1. The second-order valence-electron chi connectivity index (χ2n) is 7.22. The monoisotopic (exact) mass is 486 g/mol. The highest BCUT2D eigenvalue weighted by Crippen LogP contribution is 2.27. The van der Waals surface area contributed by atoms with Crippen molar-refractivity contribution in [2.45, 2.75) is 11.8 Å². The van der Waals surface area contributed by atoms with E-state index in [-0.39, 0.29) is 23.5 Å². The van der Waals surface area contributed by atoms with Gasteiger partial charge in [0.05, 0.1) is 29.4 Å². The summed E-state index contributed by atoms with van der Waals surface area (Å²) in [5.41, 5.74) is 6.04. The minimum atomic E-state index is -3.89. The Balaban J connectivity index is 1.49. The van der Waals surface area contributed by atoms with E-state index in [0.29, 0.717) is 28.8 Å². The highest BCUT2D eigenvalue weighted by Gasteiger charge is 2.30. The fraction of sp³-hybridized carbons (Fsp3) is 0.227. The van der Waals surface area contributed by atoms with E-state index >= 15 is 0 Å². The first-order valence-corrected chi connectivity index (χ1v) is 12.4. The first kappa shape index (κ1) is 23.1. The second kappa shape index (κ2) is 9.79. The van der Waals surface area contributed by atoms with Gasteiger partial charge in [-0.05, 0) is 19.1 Å². The van der Waals surface area contributed by atoms with Gasteiger partial charge in [0, 0.05) is 18.7 Å². The molecule has 1 aliphatic heterocycles. The van der Waals surface area contributed by atoms with Gasteiger partial charge in [-0.15, -0.1) is 11.3 Å². The third-order valence-corrected chi connectivity index (χ3v) is 8.19. The van der Waals surface area contributed by atoms with Crippen LogP contribution in [-0.4, -0.2) is 55.8 Å². The average Bonchev–Trinajstić information content (AvgIpc) is 3.25. The van der Waals surface area contributed by atoms with Crippen LogP contribution in [0.5, 0.6) is 0 Å². The molecular formula is C22H22N4O5S2. The molecule has 11 heteroatoms. The van der Waals surface area contributed by atoms with Gasteiger partial charge in [0.2, 0.25) is 10.0 Å². The van der Waals surface area contributed by atoms with Gasteiger partial charge in [0.15, 0.2) is 0 Å². The minimum absolute atomic E-state index is 0.0599.